The van der Waals surface area contributed by atoms with Crippen LogP contribution in [0.15, 0.2) is 73.1 Å². The molecular weight excluding hydrogens is 424 g/mol. The number of rotatable bonds is 10. The van der Waals surface area contributed by atoms with Crippen LogP contribution in [0, 0.1) is 5.92 Å². The van der Waals surface area contributed by atoms with Crippen LogP contribution in [0.3, 0.4) is 0 Å². The van der Waals surface area contributed by atoms with Gasteiger partial charge in [0, 0.05) is 31.4 Å². The quantitative estimate of drug-likeness (QED) is 0.384. The van der Waals surface area contributed by atoms with Crippen molar-refractivity contribution in [1.29, 1.82) is 0 Å². The van der Waals surface area contributed by atoms with Crippen molar-refractivity contribution in [1.82, 2.24) is 9.88 Å². The molecule has 1 heterocycles. The van der Waals surface area contributed by atoms with Gasteiger partial charge in [0.15, 0.2) is 11.5 Å². The summed E-state index contributed by atoms with van der Waals surface area (Å²) in [4.78, 5) is 19.6. The van der Waals surface area contributed by atoms with Gasteiger partial charge < -0.3 is 14.4 Å². The number of aromatic nitrogens is 1. The molecule has 0 aliphatic heterocycles. The molecule has 34 heavy (non-hydrogen) atoms. The number of pyridine rings is 1. The fourth-order valence-electron chi connectivity index (χ4n) is 4.57. The van der Waals surface area contributed by atoms with E-state index in [2.05, 4.69) is 4.98 Å². The number of hydrogen-bond donors (Lipinski definition) is 0. The van der Waals surface area contributed by atoms with E-state index in [1.165, 1.54) is 12.0 Å². The molecule has 5 heteroatoms. The molecule has 1 saturated carbocycles. The smallest absolute Gasteiger partial charge is 0.225 e. The van der Waals surface area contributed by atoms with E-state index in [1.54, 1.807) is 7.11 Å². The minimum absolute atomic E-state index is 0.140. The summed E-state index contributed by atoms with van der Waals surface area (Å²) in [5, 5.41) is 0. The Morgan fingerprint density at radius 1 is 0.912 bits per heavy atom. The molecule has 0 atom stereocenters. The lowest BCUT2D eigenvalue weighted by Gasteiger charge is -2.30. The maximum atomic E-state index is 13.5. The predicted octanol–water partition coefficient (Wildman–Crippen LogP) is 5.82. The Morgan fingerprint density at radius 3 is 2.41 bits per heavy atom. The minimum atomic E-state index is 0.140. The monoisotopic (exact) mass is 458 g/mol. The van der Waals surface area contributed by atoms with E-state index in [-0.39, 0.29) is 11.8 Å². The molecule has 1 fully saturated rings. The van der Waals surface area contributed by atoms with Crippen molar-refractivity contribution >= 4 is 5.91 Å². The topological polar surface area (TPSA) is 51.7 Å². The lowest BCUT2D eigenvalue weighted by molar-refractivity contribution is -0.137. The first-order valence-corrected chi connectivity index (χ1v) is 12.2. The number of carbonyl (C=O) groups excluding carboxylic acids is 1. The van der Waals surface area contributed by atoms with Crippen LogP contribution in [0.2, 0.25) is 0 Å². The average molecular weight is 459 g/mol. The van der Waals surface area contributed by atoms with Crippen molar-refractivity contribution in [3.05, 3.63) is 89.7 Å². The molecule has 1 aromatic heterocycles. The standard InChI is InChI=1S/C29H34N2O3/c1-33-28-20-25(12-13-27(28)34-22-24-8-4-2-5-9-24)21-31(19-16-23-14-17-30-18-15-23)29(32)26-10-6-3-7-11-26/h2,4-5,8-9,12-15,17-18,20,26H,3,6-7,10-11,16,19,21-22H2,1H3. The molecule has 0 bridgehead atoms. The summed E-state index contributed by atoms with van der Waals surface area (Å²) in [6, 6.07) is 20.1. The Morgan fingerprint density at radius 2 is 1.68 bits per heavy atom. The SMILES string of the molecule is COc1cc(CN(CCc2ccncc2)C(=O)C2CCCCC2)ccc1OCc1ccccc1. The number of methoxy groups -OCH3 is 1. The lowest BCUT2D eigenvalue weighted by Crippen LogP contribution is -2.38. The summed E-state index contributed by atoms with van der Waals surface area (Å²) in [5.41, 5.74) is 3.34. The van der Waals surface area contributed by atoms with Crippen LogP contribution < -0.4 is 9.47 Å². The largest absolute Gasteiger partial charge is 0.493 e. The van der Waals surface area contributed by atoms with E-state index in [0.29, 0.717) is 31.2 Å². The number of ether oxygens (including phenoxy) is 2. The Kier molecular flexibility index (Phi) is 8.55. The molecule has 1 amide bonds. The van der Waals surface area contributed by atoms with Crippen molar-refractivity contribution in [2.24, 2.45) is 5.92 Å². The zero-order valence-corrected chi connectivity index (χ0v) is 20.0. The van der Waals surface area contributed by atoms with Crippen LogP contribution in [0.25, 0.3) is 0 Å². The molecule has 0 saturated heterocycles. The molecule has 1 aliphatic rings. The van der Waals surface area contributed by atoms with Crippen LogP contribution in [-0.4, -0.2) is 29.4 Å². The van der Waals surface area contributed by atoms with E-state index in [4.69, 9.17) is 9.47 Å². The summed E-state index contributed by atoms with van der Waals surface area (Å²) < 4.78 is 11.6. The van der Waals surface area contributed by atoms with Gasteiger partial charge in [0.2, 0.25) is 5.91 Å². The zero-order valence-electron chi connectivity index (χ0n) is 20.0. The van der Waals surface area contributed by atoms with E-state index < -0.39 is 0 Å². The zero-order chi connectivity index (χ0) is 23.6. The molecule has 0 unspecified atom stereocenters. The van der Waals surface area contributed by atoms with Crippen molar-refractivity contribution in [3.63, 3.8) is 0 Å². The third kappa shape index (κ3) is 6.60. The minimum Gasteiger partial charge on any atom is -0.493 e. The van der Waals surface area contributed by atoms with Gasteiger partial charge in [-0.05, 0) is 60.2 Å². The molecule has 0 radical (unpaired) electrons. The summed E-state index contributed by atoms with van der Waals surface area (Å²) in [6.45, 7) is 1.73. The highest BCUT2D eigenvalue weighted by Gasteiger charge is 2.26. The van der Waals surface area contributed by atoms with Gasteiger partial charge in [-0.15, -0.1) is 0 Å². The molecule has 0 N–H and O–H groups in total. The molecule has 0 spiro atoms. The fourth-order valence-corrected chi connectivity index (χ4v) is 4.57. The third-order valence-corrected chi connectivity index (χ3v) is 6.52. The number of amides is 1. The van der Waals surface area contributed by atoms with Gasteiger partial charge in [0.05, 0.1) is 7.11 Å². The van der Waals surface area contributed by atoms with Gasteiger partial charge in [0.25, 0.3) is 0 Å². The van der Waals surface area contributed by atoms with Gasteiger partial charge in [-0.25, -0.2) is 0 Å². The Hall–Kier alpha value is -3.34. The third-order valence-electron chi connectivity index (χ3n) is 6.52. The van der Waals surface area contributed by atoms with E-state index >= 15 is 0 Å². The fraction of sp³-hybridized carbons (Fsp3) is 0.379. The highest BCUT2D eigenvalue weighted by molar-refractivity contribution is 5.79. The maximum absolute atomic E-state index is 13.5. The summed E-state index contributed by atoms with van der Waals surface area (Å²) in [6.07, 6.45) is 9.97. The van der Waals surface area contributed by atoms with E-state index in [9.17, 15) is 4.79 Å². The summed E-state index contributed by atoms with van der Waals surface area (Å²) in [5.74, 6) is 1.81. The second-order valence-electron chi connectivity index (χ2n) is 8.96. The number of nitrogens with zero attached hydrogens (tertiary/aromatic N) is 2. The van der Waals surface area contributed by atoms with Crippen molar-refractivity contribution in [2.75, 3.05) is 13.7 Å². The summed E-state index contributed by atoms with van der Waals surface area (Å²) >= 11 is 0. The van der Waals surface area contributed by atoms with Gasteiger partial charge in [-0.1, -0.05) is 55.7 Å². The first-order valence-electron chi connectivity index (χ1n) is 12.2. The molecular formula is C29H34N2O3. The molecule has 2 aromatic carbocycles. The highest BCUT2D eigenvalue weighted by Crippen LogP contribution is 2.31. The number of hydrogen-bond acceptors (Lipinski definition) is 4. The number of benzene rings is 2. The Balaban J connectivity index is 1.46. The van der Waals surface area contributed by atoms with Gasteiger partial charge in [-0.3, -0.25) is 9.78 Å². The normalized spacial score (nSPS) is 13.9. The van der Waals surface area contributed by atoms with Crippen molar-refractivity contribution < 1.29 is 14.3 Å². The molecule has 5 nitrogen and oxygen atoms in total. The van der Waals surface area contributed by atoms with Crippen LogP contribution >= 0.6 is 0 Å². The number of carbonyl (C=O) groups is 1. The first-order chi connectivity index (χ1) is 16.7. The van der Waals surface area contributed by atoms with Gasteiger partial charge in [-0.2, -0.15) is 0 Å². The van der Waals surface area contributed by atoms with E-state index in [0.717, 1.165) is 43.2 Å². The Labute approximate surface area is 202 Å². The highest BCUT2D eigenvalue weighted by atomic mass is 16.5. The second-order valence-corrected chi connectivity index (χ2v) is 8.96. The maximum Gasteiger partial charge on any atom is 0.225 e. The molecule has 1 aliphatic carbocycles. The van der Waals surface area contributed by atoms with Crippen LogP contribution in [0.5, 0.6) is 11.5 Å². The van der Waals surface area contributed by atoms with Crippen LogP contribution in [0.1, 0.15) is 48.8 Å². The van der Waals surface area contributed by atoms with Gasteiger partial charge >= 0.3 is 0 Å². The summed E-state index contributed by atoms with van der Waals surface area (Å²) in [7, 11) is 1.66. The first kappa shape index (κ1) is 23.8. The van der Waals surface area contributed by atoms with Gasteiger partial charge in [0.1, 0.15) is 6.61 Å². The molecule has 4 rings (SSSR count). The second kappa shape index (κ2) is 12.2. The Bertz CT molecular complexity index is 1030. The van der Waals surface area contributed by atoms with Crippen LogP contribution in [0.4, 0.5) is 0 Å². The molecule has 178 valence electrons. The van der Waals surface area contributed by atoms with Crippen molar-refractivity contribution in [2.45, 2.75) is 51.7 Å². The molecule has 3 aromatic rings. The average Bonchev–Trinajstić information content (AvgIpc) is 2.91. The van der Waals surface area contributed by atoms with Crippen LogP contribution in [-0.2, 0) is 24.4 Å². The van der Waals surface area contributed by atoms with E-state index in [1.807, 2.05) is 78.0 Å². The van der Waals surface area contributed by atoms with Crippen molar-refractivity contribution in [3.8, 4) is 11.5 Å². The lowest BCUT2D eigenvalue weighted by atomic mass is 9.88. The predicted molar refractivity (Wildman–Crippen MR) is 134 cm³/mol.